The van der Waals surface area contributed by atoms with E-state index in [1.807, 2.05) is 6.07 Å². The van der Waals surface area contributed by atoms with E-state index in [2.05, 4.69) is 10.1 Å². The second-order valence-corrected chi connectivity index (χ2v) is 6.81. The molecule has 5 nitrogen and oxygen atoms in total. The minimum absolute atomic E-state index is 0.0334. The number of hydrogen-bond acceptors (Lipinski definition) is 4. The summed E-state index contributed by atoms with van der Waals surface area (Å²) in [5.41, 5.74) is -1.98. The van der Waals surface area contributed by atoms with E-state index in [-0.39, 0.29) is 16.9 Å². The van der Waals surface area contributed by atoms with Crippen LogP contribution in [0.25, 0.3) is 0 Å². The Labute approximate surface area is 175 Å². The molecule has 10 heteroatoms. The van der Waals surface area contributed by atoms with Crippen LogP contribution in [0, 0.1) is 11.3 Å². The fraction of sp³-hybridized carbons (Fsp3) is 0.333. The maximum atomic E-state index is 14.1. The van der Waals surface area contributed by atoms with Gasteiger partial charge < -0.3 is 14.8 Å². The molecule has 1 N–H and O–H groups in total. The zero-order valence-electron chi connectivity index (χ0n) is 16.6. The molecule has 0 radical (unpaired) electrons. The van der Waals surface area contributed by atoms with Crippen molar-refractivity contribution in [2.75, 3.05) is 6.61 Å². The first-order chi connectivity index (χ1) is 14.4. The third-order valence-corrected chi connectivity index (χ3v) is 4.23. The summed E-state index contributed by atoms with van der Waals surface area (Å²) in [5.74, 6) is -4.54. The van der Waals surface area contributed by atoms with Gasteiger partial charge in [-0.15, -0.1) is 13.2 Å². The molecule has 0 saturated carbocycles. The van der Waals surface area contributed by atoms with Gasteiger partial charge in [-0.1, -0.05) is 19.1 Å². The Hall–Kier alpha value is -3.35. The highest BCUT2D eigenvalue weighted by Crippen LogP contribution is 2.37. The van der Waals surface area contributed by atoms with E-state index >= 15 is 0 Å². The SMILES string of the molecule is CCC(F)(F)c1ccccc1OCC(C)(C#N)NC(=O)c1ccc(OC(F)(F)F)cc1. The topological polar surface area (TPSA) is 71.3 Å². The summed E-state index contributed by atoms with van der Waals surface area (Å²) in [7, 11) is 0. The van der Waals surface area contributed by atoms with Gasteiger partial charge in [-0.25, -0.2) is 8.78 Å². The Balaban J connectivity index is 2.10. The highest BCUT2D eigenvalue weighted by Gasteiger charge is 2.34. The van der Waals surface area contributed by atoms with Crippen LogP contribution in [-0.2, 0) is 5.92 Å². The van der Waals surface area contributed by atoms with Crippen LogP contribution >= 0.6 is 0 Å². The number of halogens is 5. The maximum absolute atomic E-state index is 14.1. The first-order valence-electron chi connectivity index (χ1n) is 9.09. The molecular formula is C21H19F5N2O3. The summed E-state index contributed by atoms with van der Waals surface area (Å²) in [4.78, 5) is 12.4. The predicted octanol–water partition coefficient (Wildman–Crippen LogP) is 5.18. The molecule has 31 heavy (non-hydrogen) atoms. The lowest BCUT2D eigenvalue weighted by atomic mass is 10.0. The van der Waals surface area contributed by atoms with Crippen LogP contribution < -0.4 is 14.8 Å². The number of para-hydroxylation sites is 1. The molecule has 0 aliphatic carbocycles. The van der Waals surface area contributed by atoms with Crippen molar-refractivity contribution in [1.82, 2.24) is 5.32 Å². The van der Waals surface area contributed by atoms with Gasteiger partial charge in [0.15, 0.2) is 5.54 Å². The lowest BCUT2D eigenvalue weighted by molar-refractivity contribution is -0.274. The number of amides is 1. The number of carbonyl (C=O) groups is 1. The number of nitrogens with zero attached hydrogens (tertiary/aromatic N) is 1. The Morgan fingerprint density at radius 2 is 1.68 bits per heavy atom. The average Bonchev–Trinajstić information content (AvgIpc) is 2.72. The van der Waals surface area contributed by atoms with Crippen molar-refractivity contribution in [1.29, 1.82) is 5.26 Å². The van der Waals surface area contributed by atoms with Crippen LogP contribution in [0.1, 0.15) is 36.2 Å². The summed E-state index contributed by atoms with van der Waals surface area (Å²) in [5, 5.41) is 11.9. The van der Waals surface area contributed by atoms with E-state index < -0.39 is 42.5 Å². The zero-order valence-corrected chi connectivity index (χ0v) is 16.6. The van der Waals surface area contributed by atoms with Crippen LogP contribution in [0.4, 0.5) is 22.0 Å². The number of hydrogen-bond donors (Lipinski definition) is 1. The van der Waals surface area contributed by atoms with E-state index in [9.17, 15) is 32.0 Å². The summed E-state index contributed by atoms with van der Waals surface area (Å²) < 4.78 is 74.1. The van der Waals surface area contributed by atoms with E-state index in [1.165, 1.54) is 38.1 Å². The first kappa shape index (κ1) is 23.9. The largest absolute Gasteiger partial charge is 0.573 e. The van der Waals surface area contributed by atoms with Crippen LogP contribution in [0.15, 0.2) is 48.5 Å². The second kappa shape index (κ2) is 9.20. The molecule has 1 atom stereocenters. The van der Waals surface area contributed by atoms with Gasteiger partial charge in [0.05, 0.1) is 11.6 Å². The summed E-state index contributed by atoms with van der Waals surface area (Å²) in [6.07, 6.45) is -5.32. The lowest BCUT2D eigenvalue weighted by Gasteiger charge is -2.25. The molecule has 1 amide bonds. The van der Waals surface area contributed by atoms with Crippen molar-refractivity contribution >= 4 is 5.91 Å². The van der Waals surface area contributed by atoms with Crippen molar-refractivity contribution in [2.24, 2.45) is 0 Å². The molecule has 0 aromatic heterocycles. The number of benzene rings is 2. The number of alkyl halides is 5. The Kier molecular flexibility index (Phi) is 7.10. The molecule has 0 aliphatic rings. The Morgan fingerprint density at radius 1 is 1.06 bits per heavy atom. The molecule has 166 valence electrons. The van der Waals surface area contributed by atoms with Crippen molar-refractivity contribution in [3.63, 3.8) is 0 Å². The third-order valence-electron chi connectivity index (χ3n) is 4.23. The number of nitriles is 1. The van der Waals surface area contributed by atoms with E-state index in [4.69, 9.17) is 4.74 Å². The van der Waals surface area contributed by atoms with Gasteiger partial charge in [0.1, 0.15) is 18.1 Å². The van der Waals surface area contributed by atoms with Crippen LogP contribution in [-0.4, -0.2) is 24.4 Å². The van der Waals surface area contributed by atoms with Crippen LogP contribution in [0.2, 0.25) is 0 Å². The molecule has 2 aromatic rings. The summed E-state index contributed by atoms with van der Waals surface area (Å²) in [6.45, 7) is 2.20. The monoisotopic (exact) mass is 442 g/mol. The minimum atomic E-state index is -4.87. The summed E-state index contributed by atoms with van der Waals surface area (Å²) >= 11 is 0. The predicted molar refractivity (Wildman–Crippen MR) is 101 cm³/mol. The molecule has 1 unspecified atom stereocenters. The number of nitrogens with one attached hydrogen (secondary N) is 1. The fourth-order valence-corrected chi connectivity index (χ4v) is 2.53. The quantitative estimate of drug-likeness (QED) is 0.572. The summed E-state index contributed by atoms with van der Waals surface area (Å²) in [6, 6.07) is 11.4. The minimum Gasteiger partial charge on any atom is -0.489 e. The molecule has 0 fully saturated rings. The van der Waals surface area contributed by atoms with Gasteiger partial charge in [0.2, 0.25) is 0 Å². The number of rotatable bonds is 8. The molecule has 0 heterocycles. The van der Waals surface area contributed by atoms with E-state index in [1.54, 1.807) is 0 Å². The number of carbonyl (C=O) groups excluding carboxylic acids is 1. The molecule has 2 aromatic carbocycles. The van der Waals surface area contributed by atoms with Gasteiger partial charge in [0, 0.05) is 12.0 Å². The molecule has 0 bridgehead atoms. The second-order valence-electron chi connectivity index (χ2n) is 6.81. The molecule has 2 rings (SSSR count). The standard InChI is InChI=1S/C21H19F5N2O3/c1-3-20(22,23)16-6-4-5-7-17(16)30-13-19(2,12-27)28-18(29)14-8-10-15(11-9-14)31-21(24,25)26/h4-11H,3,13H2,1-2H3,(H,28,29). The van der Waals surface area contributed by atoms with E-state index in [0.717, 1.165) is 24.3 Å². The zero-order chi connectivity index (χ0) is 23.3. The molecule has 0 aliphatic heterocycles. The van der Waals surface area contributed by atoms with Gasteiger partial charge in [-0.05, 0) is 43.3 Å². The highest BCUT2D eigenvalue weighted by molar-refractivity contribution is 5.95. The molecular weight excluding hydrogens is 423 g/mol. The fourth-order valence-electron chi connectivity index (χ4n) is 2.53. The van der Waals surface area contributed by atoms with Gasteiger partial charge in [0.25, 0.3) is 11.8 Å². The molecule has 0 saturated heterocycles. The highest BCUT2D eigenvalue weighted by atomic mass is 19.4. The van der Waals surface area contributed by atoms with Gasteiger partial charge in [-0.2, -0.15) is 5.26 Å². The van der Waals surface area contributed by atoms with Crippen molar-refractivity contribution in [3.8, 4) is 17.6 Å². The van der Waals surface area contributed by atoms with Crippen LogP contribution in [0.5, 0.6) is 11.5 Å². The Bertz CT molecular complexity index is 955. The van der Waals surface area contributed by atoms with Crippen molar-refractivity contribution in [3.05, 3.63) is 59.7 Å². The van der Waals surface area contributed by atoms with Gasteiger partial charge in [-0.3, -0.25) is 4.79 Å². The number of ether oxygens (including phenoxy) is 2. The average molecular weight is 442 g/mol. The van der Waals surface area contributed by atoms with Crippen molar-refractivity contribution < 1.29 is 36.2 Å². The van der Waals surface area contributed by atoms with E-state index in [0.29, 0.717) is 0 Å². The smallest absolute Gasteiger partial charge is 0.489 e. The lowest BCUT2D eigenvalue weighted by Crippen LogP contribution is -2.49. The third kappa shape index (κ3) is 6.57. The molecule has 0 spiro atoms. The maximum Gasteiger partial charge on any atom is 0.573 e. The normalized spacial score (nSPS) is 13.6. The van der Waals surface area contributed by atoms with Crippen LogP contribution in [0.3, 0.4) is 0 Å². The van der Waals surface area contributed by atoms with Crippen molar-refractivity contribution in [2.45, 2.75) is 38.1 Å². The first-order valence-corrected chi connectivity index (χ1v) is 9.09. The van der Waals surface area contributed by atoms with Gasteiger partial charge >= 0.3 is 6.36 Å². The Morgan fingerprint density at radius 3 is 2.23 bits per heavy atom.